The van der Waals surface area contributed by atoms with Crippen molar-refractivity contribution in [2.45, 2.75) is 0 Å². The predicted molar refractivity (Wildman–Crippen MR) is 235 cm³/mol. The summed E-state index contributed by atoms with van der Waals surface area (Å²) in [5, 5.41) is 11.9. The standard InChI is InChI=1S/C54H32O2/c1-2-13-36-32-50-46(31-35(36)12-1)54-39(21-10-25-49(54)56-50)33-26-28-34(29-27-33)51-41-16-3-5-18-43(41)52(44-19-6-4-17-42(44)51)38-15-9-14-37(30-38)40-22-11-24-48-53(40)45-20-7-8-23-47(45)55-48/h1-32H. The molecular formula is C54H32O2. The van der Waals surface area contributed by atoms with Crippen molar-refractivity contribution in [2.75, 3.05) is 0 Å². The number of hydrogen-bond acceptors (Lipinski definition) is 2. The average molecular weight is 713 g/mol. The Morgan fingerprint density at radius 3 is 1.39 bits per heavy atom. The van der Waals surface area contributed by atoms with Crippen LogP contribution in [0.5, 0.6) is 0 Å². The van der Waals surface area contributed by atoms with Crippen molar-refractivity contribution in [3.05, 3.63) is 194 Å². The summed E-state index contributed by atoms with van der Waals surface area (Å²) in [4.78, 5) is 0. The minimum atomic E-state index is 0.906. The van der Waals surface area contributed by atoms with Crippen molar-refractivity contribution in [2.24, 2.45) is 0 Å². The van der Waals surface area contributed by atoms with Gasteiger partial charge in [-0.05, 0) is 113 Å². The van der Waals surface area contributed by atoms with E-state index in [1.54, 1.807) is 0 Å². The maximum Gasteiger partial charge on any atom is 0.136 e. The zero-order valence-electron chi connectivity index (χ0n) is 30.3. The van der Waals surface area contributed by atoms with Gasteiger partial charge >= 0.3 is 0 Å². The van der Waals surface area contributed by atoms with E-state index in [9.17, 15) is 0 Å². The first-order chi connectivity index (χ1) is 27.8. The Bertz CT molecular complexity index is 3470. The quantitative estimate of drug-likeness (QED) is 0.170. The fraction of sp³-hybridized carbons (Fsp3) is 0. The van der Waals surface area contributed by atoms with Crippen LogP contribution in [-0.4, -0.2) is 0 Å². The molecule has 0 aliphatic rings. The van der Waals surface area contributed by atoms with E-state index in [1.165, 1.54) is 71.3 Å². The monoisotopic (exact) mass is 712 g/mol. The molecule has 0 aliphatic carbocycles. The zero-order valence-corrected chi connectivity index (χ0v) is 30.3. The van der Waals surface area contributed by atoms with Crippen LogP contribution in [0.15, 0.2) is 203 Å². The molecule has 0 spiro atoms. The number of furan rings is 2. The highest BCUT2D eigenvalue weighted by molar-refractivity contribution is 6.22. The van der Waals surface area contributed by atoms with Gasteiger partial charge in [-0.25, -0.2) is 0 Å². The van der Waals surface area contributed by atoms with Gasteiger partial charge in [0.25, 0.3) is 0 Å². The lowest BCUT2D eigenvalue weighted by Gasteiger charge is -2.18. The van der Waals surface area contributed by atoms with E-state index in [2.05, 4.69) is 182 Å². The van der Waals surface area contributed by atoms with Gasteiger partial charge in [0.15, 0.2) is 0 Å². The molecule has 0 saturated carbocycles. The number of hydrogen-bond donors (Lipinski definition) is 0. The van der Waals surface area contributed by atoms with Crippen molar-refractivity contribution in [3.8, 4) is 44.5 Å². The Hall–Kier alpha value is -7.42. The van der Waals surface area contributed by atoms with E-state index in [4.69, 9.17) is 8.83 Å². The third-order valence-electron chi connectivity index (χ3n) is 11.6. The van der Waals surface area contributed by atoms with Crippen LogP contribution in [0, 0.1) is 0 Å². The van der Waals surface area contributed by atoms with E-state index < -0.39 is 0 Å². The van der Waals surface area contributed by atoms with E-state index in [0.29, 0.717) is 0 Å². The summed E-state index contributed by atoms with van der Waals surface area (Å²) in [6.45, 7) is 0. The van der Waals surface area contributed by atoms with E-state index in [1.807, 2.05) is 12.1 Å². The summed E-state index contributed by atoms with van der Waals surface area (Å²) in [5.41, 5.74) is 13.2. The first-order valence-corrected chi connectivity index (χ1v) is 19.2. The van der Waals surface area contributed by atoms with Crippen molar-refractivity contribution in [3.63, 3.8) is 0 Å². The molecule has 56 heavy (non-hydrogen) atoms. The highest BCUT2D eigenvalue weighted by Gasteiger charge is 2.19. The molecule has 0 fully saturated rings. The molecule has 0 N–H and O–H groups in total. The zero-order chi connectivity index (χ0) is 36.7. The van der Waals surface area contributed by atoms with Crippen LogP contribution >= 0.6 is 0 Å². The number of benzene rings is 10. The Morgan fingerprint density at radius 2 is 0.714 bits per heavy atom. The number of fused-ring (bicyclic) bond motifs is 9. The van der Waals surface area contributed by atoms with Crippen LogP contribution in [0.2, 0.25) is 0 Å². The van der Waals surface area contributed by atoms with Gasteiger partial charge in [0.1, 0.15) is 22.3 Å². The first kappa shape index (κ1) is 31.0. The third-order valence-corrected chi connectivity index (χ3v) is 11.6. The lowest BCUT2D eigenvalue weighted by atomic mass is 9.85. The maximum atomic E-state index is 6.42. The number of para-hydroxylation sites is 1. The fourth-order valence-electron chi connectivity index (χ4n) is 9.18. The second kappa shape index (κ2) is 12.0. The lowest BCUT2D eigenvalue weighted by molar-refractivity contribution is 0.669. The van der Waals surface area contributed by atoms with Gasteiger partial charge < -0.3 is 8.83 Å². The van der Waals surface area contributed by atoms with Gasteiger partial charge in [0.05, 0.1) is 0 Å². The Kier molecular flexibility index (Phi) is 6.66. The van der Waals surface area contributed by atoms with Gasteiger partial charge in [0, 0.05) is 21.5 Å². The summed E-state index contributed by atoms with van der Waals surface area (Å²) < 4.78 is 12.7. The molecule has 10 aromatic carbocycles. The van der Waals surface area contributed by atoms with E-state index in [0.717, 1.165) is 49.4 Å². The molecule has 2 heteroatoms. The molecular weight excluding hydrogens is 681 g/mol. The van der Waals surface area contributed by atoms with E-state index >= 15 is 0 Å². The first-order valence-electron chi connectivity index (χ1n) is 19.2. The van der Waals surface area contributed by atoms with Crippen LogP contribution in [0.3, 0.4) is 0 Å². The largest absolute Gasteiger partial charge is 0.456 e. The van der Waals surface area contributed by atoms with Gasteiger partial charge in [-0.2, -0.15) is 0 Å². The Labute approximate surface area is 322 Å². The van der Waals surface area contributed by atoms with Gasteiger partial charge in [-0.15, -0.1) is 0 Å². The molecule has 0 saturated heterocycles. The predicted octanol–water partition coefficient (Wildman–Crippen LogP) is 15.6. The van der Waals surface area contributed by atoms with Crippen molar-refractivity contribution >= 4 is 76.2 Å². The molecule has 12 aromatic rings. The summed E-state index contributed by atoms with van der Waals surface area (Å²) in [5.74, 6) is 0. The van der Waals surface area contributed by atoms with Crippen LogP contribution in [0.1, 0.15) is 0 Å². The Balaban J connectivity index is 1.02. The average Bonchev–Trinajstić information content (AvgIpc) is 3.83. The third kappa shape index (κ3) is 4.63. The molecule has 2 nitrogen and oxygen atoms in total. The molecule has 2 heterocycles. The van der Waals surface area contributed by atoms with E-state index in [-0.39, 0.29) is 0 Å². The van der Waals surface area contributed by atoms with Crippen LogP contribution in [-0.2, 0) is 0 Å². The SMILES string of the molecule is c1cc(-c2c3ccccc3c(-c3ccc(-c4cccc5oc6cc7ccccc7cc6c45)cc3)c3ccccc23)cc(-c2cccc3oc4ccccc4c23)c1. The smallest absolute Gasteiger partial charge is 0.136 e. The molecule has 260 valence electrons. The molecule has 12 rings (SSSR count). The lowest BCUT2D eigenvalue weighted by Crippen LogP contribution is -1.91. The highest BCUT2D eigenvalue weighted by Crippen LogP contribution is 2.46. The molecule has 0 bridgehead atoms. The van der Waals surface area contributed by atoms with Crippen LogP contribution < -0.4 is 0 Å². The molecule has 0 atom stereocenters. The van der Waals surface area contributed by atoms with Crippen molar-refractivity contribution < 1.29 is 8.83 Å². The second-order valence-corrected chi connectivity index (χ2v) is 14.8. The van der Waals surface area contributed by atoms with Crippen molar-refractivity contribution in [1.82, 2.24) is 0 Å². The Morgan fingerprint density at radius 1 is 0.250 bits per heavy atom. The molecule has 2 aromatic heterocycles. The second-order valence-electron chi connectivity index (χ2n) is 14.8. The normalized spacial score (nSPS) is 11.9. The molecule has 0 unspecified atom stereocenters. The van der Waals surface area contributed by atoms with Gasteiger partial charge in [0.2, 0.25) is 0 Å². The summed E-state index contributed by atoms with van der Waals surface area (Å²) in [6, 6.07) is 69.9. The van der Waals surface area contributed by atoms with Crippen LogP contribution in [0.25, 0.3) is 121 Å². The maximum absolute atomic E-state index is 6.42. The summed E-state index contributed by atoms with van der Waals surface area (Å²) >= 11 is 0. The molecule has 0 amide bonds. The topological polar surface area (TPSA) is 26.3 Å². The summed E-state index contributed by atoms with van der Waals surface area (Å²) in [6.07, 6.45) is 0. The fourth-order valence-corrected chi connectivity index (χ4v) is 9.18. The van der Waals surface area contributed by atoms with Gasteiger partial charge in [-0.1, -0.05) is 158 Å². The minimum Gasteiger partial charge on any atom is -0.456 e. The number of rotatable bonds is 4. The summed E-state index contributed by atoms with van der Waals surface area (Å²) in [7, 11) is 0. The molecule has 0 radical (unpaired) electrons. The van der Waals surface area contributed by atoms with Crippen LogP contribution in [0.4, 0.5) is 0 Å². The van der Waals surface area contributed by atoms with Crippen molar-refractivity contribution in [1.29, 1.82) is 0 Å². The van der Waals surface area contributed by atoms with Gasteiger partial charge in [-0.3, -0.25) is 0 Å². The highest BCUT2D eigenvalue weighted by atomic mass is 16.3. The molecule has 0 aliphatic heterocycles. The minimum absolute atomic E-state index is 0.906.